The summed E-state index contributed by atoms with van der Waals surface area (Å²) in [7, 11) is -3.20. The molecule has 1 fully saturated rings. The highest BCUT2D eigenvalue weighted by atomic mass is 32.2. The van der Waals surface area contributed by atoms with Crippen LogP contribution in [0.25, 0.3) is 5.69 Å². The fourth-order valence-corrected chi connectivity index (χ4v) is 3.35. The van der Waals surface area contributed by atoms with Crippen LogP contribution in [-0.4, -0.2) is 53.8 Å². The van der Waals surface area contributed by atoms with Gasteiger partial charge in [0, 0.05) is 5.69 Å². The predicted octanol–water partition coefficient (Wildman–Crippen LogP) is 1.12. The molecule has 128 valence electrons. The van der Waals surface area contributed by atoms with Crippen LogP contribution in [0.3, 0.4) is 0 Å². The molecule has 24 heavy (non-hydrogen) atoms. The van der Waals surface area contributed by atoms with Crippen LogP contribution >= 0.6 is 0 Å². The number of sulfone groups is 1. The SMILES string of the molecule is Cc1cc(C(=O)N2CCS(=O)(=O)CCO2)nn1-c1ccc(F)cc1. The Morgan fingerprint density at radius 2 is 1.96 bits per heavy atom. The van der Waals surface area contributed by atoms with E-state index in [2.05, 4.69) is 5.10 Å². The summed E-state index contributed by atoms with van der Waals surface area (Å²) < 4.78 is 37.7. The number of benzene rings is 1. The van der Waals surface area contributed by atoms with Gasteiger partial charge in [-0.2, -0.15) is 5.10 Å². The van der Waals surface area contributed by atoms with Gasteiger partial charge in [0.05, 0.1) is 30.3 Å². The molecule has 2 aromatic rings. The third-order valence-electron chi connectivity index (χ3n) is 3.65. The van der Waals surface area contributed by atoms with E-state index in [9.17, 15) is 17.6 Å². The zero-order valence-corrected chi connectivity index (χ0v) is 13.8. The fraction of sp³-hybridized carbons (Fsp3) is 0.333. The van der Waals surface area contributed by atoms with Crippen LogP contribution in [-0.2, 0) is 14.7 Å². The minimum absolute atomic E-state index is 0.0381. The van der Waals surface area contributed by atoms with E-state index in [1.54, 1.807) is 25.1 Å². The molecule has 0 radical (unpaired) electrons. The Morgan fingerprint density at radius 3 is 2.67 bits per heavy atom. The Balaban J connectivity index is 1.84. The molecule has 2 heterocycles. The first-order valence-electron chi connectivity index (χ1n) is 7.33. The fourth-order valence-electron chi connectivity index (χ4n) is 2.37. The van der Waals surface area contributed by atoms with E-state index in [1.807, 2.05) is 0 Å². The number of carbonyl (C=O) groups is 1. The molecule has 1 aromatic heterocycles. The summed E-state index contributed by atoms with van der Waals surface area (Å²) >= 11 is 0. The third-order valence-corrected chi connectivity index (χ3v) is 5.24. The van der Waals surface area contributed by atoms with Crippen molar-refractivity contribution in [3.63, 3.8) is 0 Å². The number of hydrogen-bond acceptors (Lipinski definition) is 5. The van der Waals surface area contributed by atoms with Gasteiger partial charge in [0.1, 0.15) is 5.82 Å². The lowest BCUT2D eigenvalue weighted by atomic mass is 10.3. The number of carbonyl (C=O) groups excluding carboxylic acids is 1. The van der Waals surface area contributed by atoms with Gasteiger partial charge in [-0.3, -0.25) is 9.63 Å². The molecule has 0 spiro atoms. The minimum Gasteiger partial charge on any atom is -0.270 e. The molecular formula is C15H16FN3O4S. The van der Waals surface area contributed by atoms with Crippen LogP contribution in [0.15, 0.2) is 30.3 Å². The first-order chi connectivity index (χ1) is 11.4. The summed E-state index contributed by atoms with van der Waals surface area (Å²) in [6.07, 6.45) is 0. The number of rotatable bonds is 2. The summed E-state index contributed by atoms with van der Waals surface area (Å²) in [5, 5.41) is 5.25. The van der Waals surface area contributed by atoms with Crippen molar-refractivity contribution in [1.29, 1.82) is 0 Å². The van der Waals surface area contributed by atoms with Gasteiger partial charge >= 0.3 is 0 Å². The second kappa shape index (κ2) is 6.33. The van der Waals surface area contributed by atoms with E-state index < -0.39 is 15.7 Å². The Kier molecular flexibility index (Phi) is 4.37. The van der Waals surface area contributed by atoms with E-state index in [0.717, 1.165) is 5.06 Å². The van der Waals surface area contributed by atoms with E-state index >= 15 is 0 Å². The van der Waals surface area contributed by atoms with Crippen LogP contribution in [0.4, 0.5) is 4.39 Å². The van der Waals surface area contributed by atoms with Gasteiger partial charge in [-0.05, 0) is 37.3 Å². The van der Waals surface area contributed by atoms with Crippen LogP contribution < -0.4 is 0 Å². The number of aryl methyl sites for hydroxylation is 1. The molecule has 7 nitrogen and oxygen atoms in total. The van der Waals surface area contributed by atoms with Crippen molar-refractivity contribution in [2.45, 2.75) is 6.92 Å². The molecule has 1 aromatic carbocycles. The minimum atomic E-state index is -3.20. The quantitative estimate of drug-likeness (QED) is 0.808. The van der Waals surface area contributed by atoms with Crippen molar-refractivity contribution in [3.8, 4) is 5.69 Å². The number of nitrogens with zero attached hydrogens (tertiary/aromatic N) is 3. The zero-order valence-electron chi connectivity index (χ0n) is 13.0. The molecule has 0 N–H and O–H groups in total. The smallest absolute Gasteiger partial charge is 0.270 e. The molecule has 3 rings (SSSR count). The predicted molar refractivity (Wildman–Crippen MR) is 83.9 cm³/mol. The summed E-state index contributed by atoms with van der Waals surface area (Å²) in [6, 6.07) is 7.30. The molecule has 0 bridgehead atoms. The standard InChI is InChI=1S/C15H16FN3O4S/c1-11-10-14(17-19(11)13-4-2-12(16)3-5-13)15(20)18-6-8-24(21,22)9-7-23-18/h2-5,10H,6-9H2,1H3. The average molecular weight is 353 g/mol. The van der Waals surface area contributed by atoms with Crippen LogP contribution in [0.2, 0.25) is 0 Å². The number of halogens is 1. The average Bonchev–Trinajstić information content (AvgIpc) is 2.82. The van der Waals surface area contributed by atoms with E-state index in [-0.39, 0.29) is 36.2 Å². The Hall–Kier alpha value is -2.26. The van der Waals surface area contributed by atoms with Crippen LogP contribution in [0.1, 0.15) is 16.2 Å². The van der Waals surface area contributed by atoms with Crippen molar-refractivity contribution in [2.24, 2.45) is 0 Å². The molecule has 0 saturated carbocycles. The van der Waals surface area contributed by atoms with Crippen molar-refractivity contribution in [2.75, 3.05) is 24.7 Å². The van der Waals surface area contributed by atoms with Gasteiger partial charge in [0.2, 0.25) is 0 Å². The first-order valence-corrected chi connectivity index (χ1v) is 9.16. The van der Waals surface area contributed by atoms with Crippen LogP contribution in [0.5, 0.6) is 0 Å². The number of hydroxylamine groups is 2. The van der Waals surface area contributed by atoms with Gasteiger partial charge in [-0.15, -0.1) is 0 Å². The van der Waals surface area contributed by atoms with Crippen LogP contribution in [0, 0.1) is 12.7 Å². The third kappa shape index (κ3) is 3.46. The molecule has 0 aliphatic carbocycles. The highest BCUT2D eigenvalue weighted by molar-refractivity contribution is 7.91. The Bertz CT molecular complexity index is 861. The van der Waals surface area contributed by atoms with Gasteiger partial charge in [0.25, 0.3) is 5.91 Å². The molecule has 1 saturated heterocycles. The first kappa shape index (κ1) is 16.6. The number of hydrogen-bond donors (Lipinski definition) is 0. The lowest BCUT2D eigenvalue weighted by Crippen LogP contribution is -2.33. The molecule has 1 amide bonds. The summed E-state index contributed by atoms with van der Waals surface area (Å²) in [5.41, 5.74) is 1.44. The molecule has 0 atom stereocenters. The molecule has 0 unspecified atom stereocenters. The van der Waals surface area contributed by atoms with E-state index in [4.69, 9.17) is 4.84 Å². The van der Waals surface area contributed by atoms with Gasteiger partial charge in [0.15, 0.2) is 15.5 Å². The van der Waals surface area contributed by atoms with Gasteiger partial charge in [-0.1, -0.05) is 0 Å². The zero-order chi connectivity index (χ0) is 17.3. The summed E-state index contributed by atoms with van der Waals surface area (Å²) in [5.74, 6) is -1.12. The highest BCUT2D eigenvalue weighted by Crippen LogP contribution is 2.15. The topological polar surface area (TPSA) is 81.5 Å². The maximum absolute atomic E-state index is 13.0. The second-order valence-electron chi connectivity index (χ2n) is 5.45. The normalized spacial score (nSPS) is 17.5. The molecular weight excluding hydrogens is 337 g/mol. The highest BCUT2D eigenvalue weighted by Gasteiger charge is 2.26. The van der Waals surface area contributed by atoms with Crippen molar-refractivity contribution < 1.29 is 22.4 Å². The summed E-state index contributed by atoms with van der Waals surface area (Å²) in [6.45, 7) is 1.66. The maximum Gasteiger partial charge on any atom is 0.297 e. The van der Waals surface area contributed by atoms with Gasteiger partial charge < -0.3 is 0 Å². The lowest BCUT2D eigenvalue weighted by molar-refractivity contribution is -0.112. The molecule has 1 aliphatic heterocycles. The van der Waals surface area contributed by atoms with E-state index in [0.29, 0.717) is 11.4 Å². The van der Waals surface area contributed by atoms with Crippen molar-refractivity contribution >= 4 is 15.7 Å². The summed E-state index contributed by atoms with van der Waals surface area (Å²) in [4.78, 5) is 17.7. The van der Waals surface area contributed by atoms with E-state index in [1.165, 1.54) is 16.8 Å². The number of aromatic nitrogens is 2. The monoisotopic (exact) mass is 353 g/mol. The second-order valence-corrected chi connectivity index (χ2v) is 7.76. The molecule has 1 aliphatic rings. The lowest BCUT2D eigenvalue weighted by Gasteiger charge is -2.17. The Morgan fingerprint density at radius 1 is 1.25 bits per heavy atom. The van der Waals surface area contributed by atoms with Crippen molar-refractivity contribution in [3.05, 3.63) is 47.5 Å². The molecule has 9 heteroatoms. The number of amides is 1. The largest absolute Gasteiger partial charge is 0.297 e. The maximum atomic E-state index is 13.0. The van der Waals surface area contributed by atoms with Crippen molar-refractivity contribution in [1.82, 2.24) is 14.8 Å². The van der Waals surface area contributed by atoms with Gasteiger partial charge in [-0.25, -0.2) is 22.6 Å². The Labute approximate surface area is 138 Å².